The van der Waals surface area contributed by atoms with Crippen LogP contribution in [0, 0.1) is 0 Å². The Bertz CT molecular complexity index is 835. The van der Waals surface area contributed by atoms with Crippen LogP contribution in [0.1, 0.15) is 34.5 Å². The maximum Gasteiger partial charge on any atom is 0.116 e. The molecule has 0 spiro atoms. The molecule has 0 N–H and O–H groups in total. The topological polar surface area (TPSA) is 44.2 Å². The fraction of sp³-hybridized carbons (Fsp3) is 0.200. The minimum atomic E-state index is -0.168. The van der Waals surface area contributed by atoms with E-state index in [1.165, 1.54) is 11.1 Å². The van der Waals surface area contributed by atoms with Crippen LogP contribution in [0.3, 0.4) is 0 Å². The monoisotopic (exact) mass is 316 g/mol. The number of benzene rings is 1. The summed E-state index contributed by atoms with van der Waals surface area (Å²) in [5.41, 5.74) is 6.25. The lowest BCUT2D eigenvalue weighted by atomic mass is 9.87. The molecular formula is C20H16N2O2. The first kappa shape index (κ1) is 13.8. The molecule has 24 heavy (non-hydrogen) atoms. The number of rotatable bonds is 0. The largest absolute Gasteiger partial charge is 0.366 e. The van der Waals surface area contributed by atoms with E-state index in [-0.39, 0.29) is 12.2 Å². The van der Waals surface area contributed by atoms with Gasteiger partial charge in [0.15, 0.2) is 0 Å². The maximum atomic E-state index is 6.30. The summed E-state index contributed by atoms with van der Waals surface area (Å²) < 4.78 is 12.6. The van der Waals surface area contributed by atoms with Gasteiger partial charge in [-0.3, -0.25) is 9.97 Å². The predicted octanol–water partition coefficient (Wildman–Crippen LogP) is 3.99. The van der Waals surface area contributed by atoms with Gasteiger partial charge < -0.3 is 9.47 Å². The molecule has 0 saturated carbocycles. The van der Waals surface area contributed by atoms with Gasteiger partial charge in [0.25, 0.3) is 0 Å². The third-order valence-corrected chi connectivity index (χ3v) is 4.75. The number of fused-ring (bicyclic) bond motifs is 7. The average molecular weight is 316 g/mol. The Kier molecular flexibility index (Phi) is 3.18. The van der Waals surface area contributed by atoms with Crippen molar-refractivity contribution in [3.05, 3.63) is 83.2 Å². The molecule has 118 valence electrons. The molecule has 1 aromatic carbocycles. The fourth-order valence-electron chi connectivity index (χ4n) is 3.57. The first-order valence-corrected chi connectivity index (χ1v) is 8.12. The lowest BCUT2D eigenvalue weighted by Crippen LogP contribution is -2.25. The molecule has 3 heterocycles. The van der Waals surface area contributed by atoms with Gasteiger partial charge in [0.2, 0.25) is 0 Å². The maximum absolute atomic E-state index is 6.30. The molecule has 2 aliphatic rings. The van der Waals surface area contributed by atoms with Gasteiger partial charge in [-0.25, -0.2) is 0 Å². The SMILES string of the molecule is c1ccc2c(c1)CO[C@H]1c3cccnc3-c3ncccc3[C@@H]1OC2. The van der Waals surface area contributed by atoms with E-state index >= 15 is 0 Å². The molecule has 0 fully saturated rings. The van der Waals surface area contributed by atoms with Gasteiger partial charge in [-0.05, 0) is 23.3 Å². The van der Waals surface area contributed by atoms with Crippen LogP contribution in [0.25, 0.3) is 11.4 Å². The molecule has 2 aromatic heterocycles. The zero-order valence-electron chi connectivity index (χ0n) is 13.1. The van der Waals surface area contributed by atoms with Crippen LogP contribution in [0.2, 0.25) is 0 Å². The van der Waals surface area contributed by atoms with Crippen molar-refractivity contribution in [2.45, 2.75) is 25.4 Å². The molecule has 4 nitrogen and oxygen atoms in total. The van der Waals surface area contributed by atoms with Crippen LogP contribution < -0.4 is 0 Å². The van der Waals surface area contributed by atoms with E-state index in [0.29, 0.717) is 13.2 Å². The Balaban J connectivity index is 1.66. The van der Waals surface area contributed by atoms with Gasteiger partial charge >= 0.3 is 0 Å². The Morgan fingerprint density at radius 1 is 0.667 bits per heavy atom. The quantitative estimate of drug-likeness (QED) is 0.629. The molecular weight excluding hydrogens is 300 g/mol. The first-order chi connectivity index (χ1) is 11.9. The molecule has 2 atom stereocenters. The Morgan fingerprint density at radius 2 is 1.17 bits per heavy atom. The standard InChI is InChI=1S/C20H16N2O2/c1-2-6-14-12-24-20-16-8-4-10-22-18(16)17-15(7-3-9-21-17)19(20)23-11-13(14)5-1/h1-10,19-20H,11-12H2/t19-,20-/m0/s1. The van der Waals surface area contributed by atoms with Crippen LogP contribution >= 0.6 is 0 Å². The average Bonchev–Trinajstić information content (AvgIpc) is 2.63. The first-order valence-electron chi connectivity index (χ1n) is 8.12. The molecule has 0 amide bonds. The van der Waals surface area contributed by atoms with E-state index < -0.39 is 0 Å². The number of pyridine rings is 2. The molecule has 0 unspecified atom stereocenters. The number of hydrogen-bond acceptors (Lipinski definition) is 4. The van der Waals surface area contributed by atoms with Crippen LogP contribution in [0.15, 0.2) is 60.9 Å². The van der Waals surface area contributed by atoms with Crippen molar-refractivity contribution in [1.82, 2.24) is 9.97 Å². The van der Waals surface area contributed by atoms with Gasteiger partial charge in [-0.1, -0.05) is 36.4 Å². The second-order valence-electron chi connectivity index (χ2n) is 6.11. The van der Waals surface area contributed by atoms with E-state index in [4.69, 9.17) is 9.47 Å². The van der Waals surface area contributed by atoms with Crippen LogP contribution in [-0.4, -0.2) is 9.97 Å². The lowest BCUT2D eigenvalue weighted by molar-refractivity contribution is -0.100. The molecule has 0 bridgehead atoms. The van der Waals surface area contributed by atoms with Gasteiger partial charge in [-0.15, -0.1) is 0 Å². The van der Waals surface area contributed by atoms with E-state index in [2.05, 4.69) is 34.2 Å². The van der Waals surface area contributed by atoms with Crippen molar-refractivity contribution in [1.29, 1.82) is 0 Å². The minimum absolute atomic E-state index is 0.168. The molecule has 1 aliphatic carbocycles. The molecule has 5 rings (SSSR count). The Labute approximate surface area is 140 Å². The molecule has 4 heteroatoms. The minimum Gasteiger partial charge on any atom is -0.366 e. The van der Waals surface area contributed by atoms with Gasteiger partial charge in [0, 0.05) is 23.5 Å². The number of aromatic nitrogens is 2. The summed E-state index contributed by atoms with van der Waals surface area (Å²) in [5.74, 6) is 0. The lowest BCUT2D eigenvalue weighted by Gasteiger charge is -2.35. The summed E-state index contributed by atoms with van der Waals surface area (Å²) in [7, 11) is 0. The van der Waals surface area contributed by atoms with Crippen LogP contribution in [0.4, 0.5) is 0 Å². The highest BCUT2D eigenvalue weighted by molar-refractivity contribution is 5.67. The van der Waals surface area contributed by atoms with Crippen molar-refractivity contribution >= 4 is 0 Å². The summed E-state index contributed by atoms with van der Waals surface area (Å²) in [5, 5.41) is 0. The van der Waals surface area contributed by atoms with Crippen molar-refractivity contribution in [3.63, 3.8) is 0 Å². The van der Waals surface area contributed by atoms with E-state index in [1.807, 2.05) is 24.3 Å². The zero-order valence-corrected chi connectivity index (χ0v) is 13.1. The smallest absolute Gasteiger partial charge is 0.116 e. The summed E-state index contributed by atoms with van der Waals surface area (Å²) in [6, 6.07) is 16.3. The second-order valence-corrected chi connectivity index (χ2v) is 6.11. The third-order valence-electron chi connectivity index (χ3n) is 4.75. The van der Waals surface area contributed by atoms with Crippen molar-refractivity contribution in [3.8, 4) is 11.4 Å². The van der Waals surface area contributed by atoms with Crippen molar-refractivity contribution < 1.29 is 9.47 Å². The number of ether oxygens (including phenoxy) is 2. The Hall–Kier alpha value is -2.56. The molecule has 0 radical (unpaired) electrons. The summed E-state index contributed by atoms with van der Waals surface area (Å²) in [6.45, 7) is 1.15. The highest BCUT2D eigenvalue weighted by Crippen LogP contribution is 2.47. The number of hydrogen-bond donors (Lipinski definition) is 0. The van der Waals surface area contributed by atoms with Crippen molar-refractivity contribution in [2.24, 2.45) is 0 Å². The fourth-order valence-corrected chi connectivity index (χ4v) is 3.57. The van der Waals surface area contributed by atoms with Gasteiger partial charge in [0.05, 0.1) is 24.6 Å². The van der Waals surface area contributed by atoms with Gasteiger partial charge in [0.1, 0.15) is 12.2 Å². The normalized spacial score (nSPS) is 21.5. The molecule has 1 aliphatic heterocycles. The highest BCUT2D eigenvalue weighted by Gasteiger charge is 2.37. The highest BCUT2D eigenvalue weighted by atomic mass is 16.5. The van der Waals surface area contributed by atoms with E-state index in [9.17, 15) is 0 Å². The molecule has 0 saturated heterocycles. The molecule has 3 aromatic rings. The van der Waals surface area contributed by atoms with E-state index in [0.717, 1.165) is 22.5 Å². The van der Waals surface area contributed by atoms with Crippen molar-refractivity contribution in [2.75, 3.05) is 0 Å². The van der Waals surface area contributed by atoms with Crippen LogP contribution in [0.5, 0.6) is 0 Å². The van der Waals surface area contributed by atoms with E-state index in [1.54, 1.807) is 12.4 Å². The zero-order chi connectivity index (χ0) is 15.9. The van der Waals surface area contributed by atoms with Crippen LogP contribution in [-0.2, 0) is 22.7 Å². The number of nitrogens with zero attached hydrogens (tertiary/aromatic N) is 2. The second kappa shape index (κ2) is 5.51. The Morgan fingerprint density at radius 3 is 1.67 bits per heavy atom. The summed E-state index contributed by atoms with van der Waals surface area (Å²) in [4.78, 5) is 9.10. The predicted molar refractivity (Wildman–Crippen MR) is 89.0 cm³/mol. The summed E-state index contributed by atoms with van der Waals surface area (Å²) in [6.07, 6.45) is 3.27. The van der Waals surface area contributed by atoms with Gasteiger partial charge in [-0.2, -0.15) is 0 Å². The summed E-state index contributed by atoms with van der Waals surface area (Å²) >= 11 is 0. The third kappa shape index (κ3) is 2.08.